The van der Waals surface area contributed by atoms with Gasteiger partial charge in [-0.3, -0.25) is 13.8 Å². The van der Waals surface area contributed by atoms with Gasteiger partial charge in [-0.1, -0.05) is 141 Å². The minimum Gasteiger partial charge on any atom is -0.726 e. The van der Waals surface area contributed by atoms with Crippen LogP contribution >= 0.6 is 0 Å². The molecule has 0 aliphatic rings. The molecule has 0 saturated carbocycles. The van der Waals surface area contributed by atoms with Crippen molar-refractivity contribution in [3.05, 3.63) is 24.3 Å². The lowest BCUT2D eigenvalue weighted by Gasteiger charge is -2.34. The zero-order chi connectivity index (χ0) is 41.1. The first-order valence-electron chi connectivity index (χ1n) is 22.3. The van der Waals surface area contributed by atoms with E-state index in [1.165, 1.54) is 141 Å². The number of carbonyl (C=O) groups is 2. The molecule has 0 aliphatic heterocycles. The minimum atomic E-state index is -4.41. The summed E-state index contributed by atoms with van der Waals surface area (Å²) in [7, 11) is -1.50. The molecule has 0 aromatic carbocycles. The van der Waals surface area contributed by atoms with Crippen LogP contribution in [0.4, 0.5) is 0 Å². The lowest BCUT2D eigenvalue weighted by atomic mass is 10.1. The first kappa shape index (κ1) is 55.3. The quantitative estimate of drug-likeness (QED) is 0.0185. The average Bonchev–Trinajstić information content (AvgIpc) is 3.15. The van der Waals surface area contributed by atoms with Gasteiger partial charge in [0, 0.05) is 12.8 Å². The normalized spacial score (nSPS) is 12.8. The van der Waals surface area contributed by atoms with E-state index in [0.717, 1.165) is 45.9 Å². The maximum atomic E-state index is 12.4. The molecule has 0 saturated heterocycles. The lowest BCUT2D eigenvalue weighted by molar-refractivity contribution is -0.907. The van der Waals surface area contributed by atoms with Gasteiger partial charge in [0.15, 0.2) is 0 Å². The highest BCUT2D eigenvalue weighted by molar-refractivity contribution is 7.80. The summed E-state index contributed by atoms with van der Waals surface area (Å²) >= 11 is 0. The first-order chi connectivity index (χ1) is 26.5. The second kappa shape index (κ2) is 41.8. The fourth-order valence-corrected chi connectivity index (χ4v) is 6.40. The van der Waals surface area contributed by atoms with E-state index in [0.29, 0.717) is 37.0 Å². The summed E-state index contributed by atoms with van der Waals surface area (Å²) < 4.78 is 31.7. The molecule has 3 N–H and O–H groups in total. The fraction of sp³-hybridized carbons (Fsp3) is 0.864. The first-order valence-corrected chi connectivity index (χ1v) is 23.7. The number of nitrogens with one attached hydrogen (secondary N) is 2. The molecule has 0 spiro atoms. The van der Waals surface area contributed by atoms with E-state index in [2.05, 4.69) is 60.0 Å². The van der Waals surface area contributed by atoms with Crippen LogP contribution in [0, 0.1) is 0 Å². The van der Waals surface area contributed by atoms with Gasteiger partial charge in [-0.15, -0.1) is 0 Å². The van der Waals surface area contributed by atoms with E-state index >= 15 is 0 Å². The Hall–Kier alpha value is -1.79. The number of unbranched alkanes of at least 4 members (excludes halogenated alkanes) is 22. The lowest BCUT2D eigenvalue weighted by Crippen LogP contribution is -2.53. The van der Waals surface area contributed by atoms with E-state index in [9.17, 15) is 27.7 Å². The standard InChI is InChI=1S/C43H83N3O3.CH4O4S/c1-4-6-8-10-12-14-16-18-20-22-24-26-28-30-32-34-42(48)44-36-38-46(3,40-41-47)39-37-45-43(49)35-33-31-29-27-25-23-21-19-17-15-13-11-9-7-5-2;1-5-6(2,3)4/h18-21,47H,4-17,22-41H2,1-3H3,(H-,44,45,48,49);1H3,(H,2,3,4). The highest BCUT2D eigenvalue weighted by atomic mass is 32.3. The summed E-state index contributed by atoms with van der Waals surface area (Å²) in [4.78, 5) is 24.7. The molecule has 0 heterocycles. The van der Waals surface area contributed by atoms with Gasteiger partial charge in [-0.25, -0.2) is 8.42 Å². The van der Waals surface area contributed by atoms with Gasteiger partial charge in [-0.2, -0.15) is 0 Å². The molecule has 0 aromatic heterocycles. The molecular weight excluding hydrogens is 715 g/mol. The summed E-state index contributed by atoms with van der Waals surface area (Å²) in [6, 6.07) is 0. The third-order valence-electron chi connectivity index (χ3n) is 10.1. The van der Waals surface area contributed by atoms with Crippen molar-refractivity contribution in [1.82, 2.24) is 10.6 Å². The molecule has 326 valence electrons. The van der Waals surface area contributed by atoms with E-state index in [-0.39, 0.29) is 18.4 Å². The summed E-state index contributed by atoms with van der Waals surface area (Å²) in [5.74, 6) is 0.253. The van der Waals surface area contributed by atoms with Crippen LogP contribution in [-0.4, -0.2) is 87.9 Å². The Balaban J connectivity index is 0. The number of nitrogens with zero attached hydrogens (tertiary/aromatic N) is 1. The fourth-order valence-electron chi connectivity index (χ4n) is 6.40. The Morgan fingerprint density at radius 1 is 0.564 bits per heavy atom. The van der Waals surface area contributed by atoms with E-state index in [1.54, 1.807) is 0 Å². The Labute approximate surface area is 339 Å². The molecule has 11 heteroatoms. The number of likely N-dealkylation sites (N-methyl/N-ethyl adjacent to an activating group) is 1. The van der Waals surface area contributed by atoms with Crippen molar-refractivity contribution in [2.45, 2.75) is 194 Å². The van der Waals surface area contributed by atoms with Gasteiger partial charge in [0.05, 0.1) is 46.9 Å². The van der Waals surface area contributed by atoms with E-state index < -0.39 is 10.4 Å². The second-order valence-electron chi connectivity index (χ2n) is 15.5. The predicted molar refractivity (Wildman–Crippen MR) is 230 cm³/mol. The highest BCUT2D eigenvalue weighted by Gasteiger charge is 2.21. The van der Waals surface area contributed by atoms with E-state index in [4.69, 9.17) is 0 Å². The summed E-state index contributed by atoms with van der Waals surface area (Å²) in [6.45, 7) is 7.96. The number of amides is 2. The number of hydrogen-bond donors (Lipinski definition) is 3. The molecular formula is C44H87N3O7S. The topological polar surface area (TPSA) is 145 Å². The maximum absolute atomic E-state index is 12.4. The summed E-state index contributed by atoms with van der Waals surface area (Å²) in [6.07, 6.45) is 43.4. The van der Waals surface area contributed by atoms with Crippen LogP contribution in [0.1, 0.15) is 194 Å². The van der Waals surface area contributed by atoms with Gasteiger partial charge in [-0.05, 0) is 64.2 Å². The molecule has 0 bridgehead atoms. The van der Waals surface area contributed by atoms with Gasteiger partial charge in [0.2, 0.25) is 22.2 Å². The molecule has 10 nitrogen and oxygen atoms in total. The molecule has 0 unspecified atom stereocenters. The summed E-state index contributed by atoms with van der Waals surface area (Å²) in [5, 5.41) is 15.8. The number of aliphatic hydroxyl groups is 1. The van der Waals surface area contributed by atoms with Crippen LogP contribution < -0.4 is 10.6 Å². The number of allylic oxidation sites excluding steroid dienone is 4. The van der Waals surface area contributed by atoms with E-state index in [1.807, 2.05) is 0 Å². The third-order valence-corrected chi connectivity index (χ3v) is 10.5. The van der Waals surface area contributed by atoms with Crippen molar-refractivity contribution in [3.8, 4) is 0 Å². The predicted octanol–water partition coefficient (Wildman–Crippen LogP) is 9.83. The SMILES string of the molecule is CCCCCCCCC=CCCCCCCCC(=O)NCC[N+](C)(CCO)CCNC(=O)CCCCCCCC=CCCCCCCCC.COS(=O)(=O)[O-]. The minimum absolute atomic E-state index is 0.0994. The van der Waals surface area contributed by atoms with Gasteiger partial charge >= 0.3 is 0 Å². The number of hydrogen-bond acceptors (Lipinski definition) is 7. The van der Waals surface area contributed by atoms with Crippen LogP contribution in [0.25, 0.3) is 0 Å². The van der Waals surface area contributed by atoms with Crippen molar-refractivity contribution < 1.29 is 36.3 Å². The van der Waals surface area contributed by atoms with Crippen LogP contribution in [-0.2, 0) is 24.2 Å². The molecule has 0 radical (unpaired) electrons. The monoisotopic (exact) mass is 802 g/mol. The number of quaternary nitrogens is 1. The number of rotatable bonds is 39. The highest BCUT2D eigenvalue weighted by Crippen LogP contribution is 2.12. The van der Waals surface area contributed by atoms with Crippen molar-refractivity contribution in [3.63, 3.8) is 0 Å². The molecule has 0 aliphatic carbocycles. The second-order valence-corrected chi connectivity index (χ2v) is 16.6. The zero-order valence-corrected chi connectivity index (χ0v) is 36.9. The maximum Gasteiger partial charge on any atom is 0.220 e. The largest absolute Gasteiger partial charge is 0.726 e. The molecule has 0 fully saturated rings. The van der Waals surface area contributed by atoms with Gasteiger partial charge in [0.1, 0.15) is 6.54 Å². The number of aliphatic hydroxyl groups excluding tert-OH is 1. The molecule has 0 rings (SSSR count). The van der Waals surface area contributed by atoms with Crippen molar-refractivity contribution >= 4 is 22.2 Å². The average molecular weight is 802 g/mol. The van der Waals surface area contributed by atoms with Gasteiger partial charge in [0.25, 0.3) is 0 Å². The van der Waals surface area contributed by atoms with Crippen LogP contribution in [0.15, 0.2) is 24.3 Å². The molecule has 0 aromatic rings. The molecule has 55 heavy (non-hydrogen) atoms. The zero-order valence-electron chi connectivity index (χ0n) is 36.1. The van der Waals surface area contributed by atoms with Crippen LogP contribution in [0.3, 0.4) is 0 Å². The third kappa shape index (κ3) is 46.5. The smallest absolute Gasteiger partial charge is 0.220 e. The Morgan fingerprint density at radius 3 is 1.15 bits per heavy atom. The van der Waals surface area contributed by atoms with Crippen molar-refractivity contribution in [1.29, 1.82) is 0 Å². The number of carbonyl (C=O) groups excluding carboxylic acids is 2. The van der Waals surface area contributed by atoms with Crippen molar-refractivity contribution in [2.24, 2.45) is 0 Å². The summed E-state index contributed by atoms with van der Waals surface area (Å²) in [5.41, 5.74) is 0. The van der Waals surface area contributed by atoms with Crippen LogP contribution in [0.5, 0.6) is 0 Å². The molecule has 2 amide bonds. The van der Waals surface area contributed by atoms with Crippen molar-refractivity contribution in [2.75, 3.05) is 53.5 Å². The Kier molecular flexibility index (Phi) is 42.1. The Bertz CT molecular complexity index is 963. The van der Waals surface area contributed by atoms with Gasteiger partial charge < -0.3 is 24.8 Å². The molecule has 0 atom stereocenters. The Morgan fingerprint density at radius 2 is 0.855 bits per heavy atom. The van der Waals surface area contributed by atoms with Crippen LogP contribution in [0.2, 0.25) is 0 Å².